The number of sulfonamides is 1. The molecule has 21 heavy (non-hydrogen) atoms. The van der Waals surface area contributed by atoms with Crippen LogP contribution in [-0.2, 0) is 10.0 Å². The van der Waals surface area contributed by atoms with Crippen LogP contribution in [0.25, 0.3) is 0 Å². The Bertz CT molecular complexity index is 597. The predicted octanol–water partition coefficient (Wildman–Crippen LogP) is 1.57. The van der Waals surface area contributed by atoms with Crippen LogP contribution in [0.3, 0.4) is 0 Å². The molecule has 1 aliphatic rings. The number of terminal acetylenes is 1. The van der Waals surface area contributed by atoms with Gasteiger partial charge in [0.1, 0.15) is 0 Å². The summed E-state index contributed by atoms with van der Waals surface area (Å²) in [5.41, 5.74) is 1.58. The standard InChI is InChI=1S/C15H21N3O2S/c1-3-10-18-11-8-14(9-12-18)16-13-4-6-15(7-5-13)17-21(2,19)20/h1,4-7,14,16-17H,8-12H2,2H3. The lowest BCUT2D eigenvalue weighted by Gasteiger charge is -2.31. The molecule has 6 heteroatoms. The highest BCUT2D eigenvalue weighted by Crippen LogP contribution is 2.19. The van der Waals surface area contributed by atoms with Gasteiger partial charge in [-0.25, -0.2) is 8.42 Å². The Labute approximate surface area is 126 Å². The number of benzene rings is 1. The smallest absolute Gasteiger partial charge is 0.229 e. The number of nitrogens with one attached hydrogen (secondary N) is 2. The second-order valence-corrected chi connectivity index (χ2v) is 7.10. The maximum absolute atomic E-state index is 11.1. The van der Waals surface area contributed by atoms with Gasteiger partial charge >= 0.3 is 0 Å². The van der Waals surface area contributed by atoms with E-state index in [4.69, 9.17) is 6.42 Å². The summed E-state index contributed by atoms with van der Waals surface area (Å²) in [5.74, 6) is 2.68. The van der Waals surface area contributed by atoms with Crippen molar-refractivity contribution in [3.63, 3.8) is 0 Å². The number of anilines is 2. The minimum Gasteiger partial charge on any atom is -0.382 e. The molecule has 1 aromatic rings. The Morgan fingerprint density at radius 1 is 1.24 bits per heavy atom. The summed E-state index contributed by atoms with van der Waals surface area (Å²) >= 11 is 0. The molecule has 0 spiro atoms. The molecular formula is C15H21N3O2S. The molecule has 2 rings (SSSR count). The van der Waals surface area contributed by atoms with Crippen molar-refractivity contribution in [2.24, 2.45) is 0 Å². The molecule has 1 fully saturated rings. The van der Waals surface area contributed by atoms with Gasteiger partial charge in [0.25, 0.3) is 0 Å². The number of hydrogen-bond acceptors (Lipinski definition) is 4. The lowest BCUT2D eigenvalue weighted by atomic mass is 10.0. The van der Waals surface area contributed by atoms with Gasteiger partial charge in [-0.05, 0) is 37.1 Å². The molecule has 0 radical (unpaired) electrons. The largest absolute Gasteiger partial charge is 0.382 e. The monoisotopic (exact) mass is 307 g/mol. The fourth-order valence-corrected chi connectivity index (χ4v) is 3.01. The van der Waals surface area contributed by atoms with Crippen LogP contribution in [0, 0.1) is 12.3 Å². The molecule has 1 aromatic carbocycles. The molecule has 1 aliphatic heterocycles. The van der Waals surface area contributed by atoms with Crippen LogP contribution in [0.4, 0.5) is 11.4 Å². The highest BCUT2D eigenvalue weighted by molar-refractivity contribution is 7.92. The topological polar surface area (TPSA) is 61.4 Å². The van der Waals surface area contributed by atoms with E-state index in [1.165, 1.54) is 0 Å². The lowest BCUT2D eigenvalue weighted by Crippen LogP contribution is -2.39. The van der Waals surface area contributed by atoms with Crippen LogP contribution < -0.4 is 10.0 Å². The number of likely N-dealkylation sites (tertiary alicyclic amines) is 1. The summed E-state index contributed by atoms with van der Waals surface area (Å²) in [5, 5.41) is 3.48. The average Bonchev–Trinajstić information content (AvgIpc) is 2.42. The van der Waals surface area contributed by atoms with Crippen molar-refractivity contribution < 1.29 is 8.42 Å². The van der Waals surface area contributed by atoms with E-state index in [2.05, 4.69) is 20.9 Å². The van der Waals surface area contributed by atoms with E-state index in [-0.39, 0.29) is 0 Å². The van der Waals surface area contributed by atoms with Crippen molar-refractivity contribution >= 4 is 21.4 Å². The van der Waals surface area contributed by atoms with Crippen LogP contribution in [-0.4, -0.2) is 45.2 Å². The first-order chi connectivity index (χ1) is 9.96. The summed E-state index contributed by atoms with van der Waals surface area (Å²) in [7, 11) is -3.22. The molecular weight excluding hydrogens is 286 g/mol. The first kappa shape index (κ1) is 15.7. The Morgan fingerprint density at radius 3 is 2.33 bits per heavy atom. The minimum atomic E-state index is -3.22. The van der Waals surface area contributed by atoms with Gasteiger partial charge in [-0.2, -0.15) is 0 Å². The van der Waals surface area contributed by atoms with Gasteiger partial charge in [-0.1, -0.05) is 5.92 Å². The van der Waals surface area contributed by atoms with E-state index in [1.807, 2.05) is 12.1 Å². The van der Waals surface area contributed by atoms with Crippen LogP contribution >= 0.6 is 0 Å². The van der Waals surface area contributed by atoms with E-state index in [0.29, 0.717) is 11.7 Å². The van der Waals surface area contributed by atoms with Crippen LogP contribution in [0.2, 0.25) is 0 Å². The zero-order chi connectivity index (χ0) is 15.3. The van der Waals surface area contributed by atoms with Gasteiger partial charge in [-0.15, -0.1) is 6.42 Å². The Kier molecular flexibility index (Phi) is 5.10. The maximum atomic E-state index is 11.1. The highest BCUT2D eigenvalue weighted by Gasteiger charge is 2.18. The molecule has 0 bridgehead atoms. The van der Waals surface area contributed by atoms with Gasteiger partial charge in [0.05, 0.1) is 12.8 Å². The van der Waals surface area contributed by atoms with E-state index in [9.17, 15) is 8.42 Å². The summed E-state index contributed by atoms with van der Waals surface area (Å²) in [4.78, 5) is 2.28. The molecule has 0 saturated carbocycles. The summed E-state index contributed by atoms with van der Waals surface area (Å²) < 4.78 is 24.7. The molecule has 1 saturated heterocycles. The minimum absolute atomic E-state index is 0.438. The number of nitrogens with zero attached hydrogens (tertiary/aromatic N) is 1. The Hall–Kier alpha value is -1.71. The summed E-state index contributed by atoms with van der Waals surface area (Å²) in [6, 6.07) is 7.74. The fraction of sp³-hybridized carbons (Fsp3) is 0.467. The van der Waals surface area contributed by atoms with Crippen molar-refractivity contribution in [3.05, 3.63) is 24.3 Å². The van der Waals surface area contributed by atoms with Crippen molar-refractivity contribution in [2.45, 2.75) is 18.9 Å². The van der Waals surface area contributed by atoms with E-state index in [0.717, 1.165) is 44.4 Å². The SMILES string of the molecule is C#CCN1CCC(Nc2ccc(NS(C)(=O)=O)cc2)CC1. The highest BCUT2D eigenvalue weighted by atomic mass is 32.2. The van der Waals surface area contributed by atoms with Crippen molar-refractivity contribution in [2.75, 3.05) is 35.9 Å². The van der Waals surface area contributed by atoms with Gasteiger partial charge in [0, 0.05) is 30.5 Å². The Morgan fingerprint density at radius 2 is 1.81 bits per heavy atom. The maximum Gasteiger partial charge on any atom is 0.229 e. The molecule has 0 aromatic heterocycles. The van der Waals surface area contributed by atoms with Crippen molar-refractivity contribution in [3.8, 4) is 12.3 Å². The average molecular weight is 307 g/mol. The van der Waals surface area contributed by atoms with E-state index >= 15 is 0 Å². The normalized spacial score (nSPS) is 17.1. The molecule has 0 atom stereocenters. The fourth-order valence-electron chi connectivity index (χ4n) is 2.45. The molecule has 0 aliphatic carbocycles. The molecule has 1 heterocycles. The van der Waals surface area contributed by atoms with Gasteiger partial charge < -0.3 is 5.32 Å². The zero-order valence-corrected chi connectivity index (χ0v) is 13.0. The van der Waals surface area contributed by atoms with Crippen molar-refractivity contribution in [1.29, 1.82) is 0 Å². The molecule has 2 N–H and O–H groups in total. The van der Waals surface area contributed by atoms with Gasteiger partial charge in [0.15, 0.2) is 0 Å². The number of piperidine rings is 1. The zero-order valence-electron chi connectivity index (χ0n) is 12.2. The summed E-state index contributed by atoms with van der Waals surface area (Å²) in [6.07, 6.45) is 8.58. The second kappa shape index (κ2) is 6.83. The third-order valence-corrected chi connectivity index (χ3v) is 4.07. The van der Waals surface area contributed by atoms with Gasteiger partial charge in [-0.3, -0.25) is 9.62 Å². The first-order valence-corrected chi connectivity index (χ1v) is 8.85. The van der Waals surface area contributed by atoms with Crippen LogP contribution in [0.5, 0.6) is 0 Å². The molecule has 114 valence electrons. The third-order valence-electron chi connectivity index (χ3n) is 3.46. The van der Waals surface area contributed by atoms with E-state index in [1.54, 1.807) is 12.1 Å². The third kappa shape index (κ3) is 5.29. The van der Waals surface area contributed by atoms with Gasteiger partial charge in [0.2, 0.25) is 10.0 Å². The number of hydrogen-bond donors (Lipinski definition) is 2. The second-order valence-electron chi connectivity index (χ2n) is 5.35. The van der Waals surface area contributed by atoms with Crippen molar-refractivity contribution in [1.82, 2.24) is 4.90 Å². The van der Waals surface area contributed by atoms with E-state index < -0.39 is 10.0 Å². The number of rotatable bonds is 5. The Balaban J connectivity index is 1.86. The lowest BCUT2D eigenvalue weighted by molar-refractivity contribution is 0.243. The molecule has 0 unspecified atom stereocenters. The predicted molar refractivity (Wildman–Crippen MR) is 86.8 cm³/mol. The van der Waals surface area contributed by atoms with Crippen LogP contribution in [0.1, 0.15) is 12.8 Å². The van der Waals surface area contributed by atoms with Crippen LogP contribution in [0.15, 0.2) is 24.3 Å². The first-order valence-electron chi connectivity index (χ1n) is 6.96. The quantitative estimate of drug-likeness (QED) is 0.811. The summed E-state index contributed by atoms with van der Waals surface area (Å²) in [6.45, 7) is 2.74. The molecule has 5 nitrogen and oxygen atoms in total. The molecule has 0 amide bonds.